The minimum Gasteiger partial charge on any atom is -0.344 e. The third-order valence-electron chi connectivity index (χ3n) is 4.57. The lowest BCUT2D eigenvalue weighted by Gasteiger charge is -2.28. The van der Waals surface area contributed by atoms with E-state index in [2.05, 4.69) is 10.4 Å². The molecule has 2 aliphatic heterocycles. The van der Waals surface area contributed by atoms with E-state index in [1.165, 1.54) is 5.01 Å². The number of amides is 2. The first-order valence-corrected chi connectivity index (χ1v) is 10.6. The van der Waals surface area contributed by atoms with Gasteiger partial charge in [0.15, 0.2) is 9.84 Å². The van der Waals surface area contributed by atoms with Crippen LogP contribution >= 0.6 is 11.6 Å². The highest BCUT2D eigenvalue weighted by atomic mass is 35.5. The van der Waals surface area contributed by atoms with Crippen molar-refractivity contribution < 1.29 is 18.0 Å². The fourth-order valence-electron chi connectivity index (χ4n) is 3.13. The monoisotopic (exact) mass is 397 g/mol. The van der Waals surface area contributed by atoms with Gasteiger partial charge in [-0.3, -0.25) is 9.59 Å². The molecule has 0 aliphatic carbocycles. The molecular formula is C17H20ClN3O4S. The average Bonchev–Trinajstić information content (AvgIpc) is 2.95. The van der Waals surface area contributed by atoms with E-state index >= 15 is 0 Å². The first-order valence-electron chi connectivity index (χ1n) is 8.41. The van der Waals surface area contributed by atoms with Crippen LogP contribution in [0.2, 0.25) is 5.02 Å². The number of hydrogen-bond acceptors (Lipinski definition) is 5. The molecular weight excluding hydrogens is 378 g/mol. The summed E-state index contributed by atoms with van der Waals surface area (Å²) in [4.78, 5) is 24.6. The van der Waals surface area contributed by atoms with Gasteiger partial charge in [-0.25, -0.2) is 13.4 Å². The summed E-state index contributed by atoms with van der Waals surface area (Å²) in [5.74, 6) is -0.664. The van der Waals surface area contributed by atoms with E-state index < -0.39 is 15.9 Å². The van der Waals surface area contributed by atoms with Gasteiger partial charge in [0.25, 0.3) is 5.91 Å². The van der Waals surface area contributed by atoms with Gasteiger partial charge in [-0.15, -0.1) is 0 Å². The summed E-state index contributed by atoms with van der Waals surface area (Å²) in [5, 5.41) is 8.79. The van der Waals surface area contributed by atoms with Crippen LogP contribution in [0.15, 0.2) is 29.4 Å². The lowest BCUT2D eigenvalue weighted by molar-refractivity contribution is -0.133. The van der Waals surface area contributed by atoms with Crippen LogP contribution in [0, 0.1) is 0 Å². The number of nitrogens with zero attached hydrogens (tertiary/aromatic N) is 2. The lowest BCUT2D eigenvalue weighted by Crippen LogP contribution is -2.44. The van der Waals surface area contributed by atoms with Crippen molar-refractivity contribution in [2.45, 2.75) is 38.3 Å². The third kappa shape index (κ3) is 4.24. The molecule has 7 nitrogen and oxygen atoms in total. The molecule has 2 unspecified atom stereocenters. The Bertz CT molecular complexity index is 869. The smallest absolute Gasteiger partial charge is 0.267 e. The quantitative estimate of drug-likeness (QED) is 0.836. The van der Waals surface area contributed by atoms with E-state index in [1.54, 1.807) is 18.2 Å². The SMILES string of the molecule is CC(NC(=O)C1=NN(C2CCS(=O)(=O)C2)C(=O)CC1)c1cccc(Cl)c1. The Labute approximate surface area is 157 Å². The summed E-state index contributed by atoms with van der Waals surface area (Å²) in [6, 6.07) is 6.43. The molecule has 0 aromatic heterocycles. The highest BCUT2D eigenvalue weighted by Gasteiger charge is 2.37. The Morgan fingerprint density at radius 2 is 2.15 bits per heavy atom. The number of benzene rings is 1. The predicted octanol–water partition coefficient (Wildman–Crippen LogP) is 1.68. The zero-order chi connectivity index (χ0) is 18.9. The van der Waals surface area contributed by atoms with Gasteiger partial charge < -0.3 is 5.32 Å². The number of carbonyl (C=O) groups excluding carboxylic acids is 2. The lowest BCUT2D eigenvalue weighted by atomic mass is 10.1. The molecule has 0 saturated carbocycles. The first-order chi connectivity index (χ1) is 12.2. The number of hydrogen-bond donors (Lipinski definition) is 1. The Morgan fingerprint density at radius 1 is 1.38 bits per heavy atom. The summed E-state index contributed by atoms with van der Waals surface area (Å²) in [5.41, 5.74) is 1.10. The molecule has 140 valence electrons. The topological polar surface area (TPSA) is 95.9 Å². The summed E-state index contributed by atoms with van der Waals surface area (Å²) < 4.78 is 23.3. The molecule has 26 heavy (non-hydrogen) atoms. The van der Waals surface area contributed by atoms with Crippen LogP contribution in [0.1, 0.15) is 37.8 Å². The molecule has 0 radical (unpaired) electrons. The third-order valence-corrected chi connectivity index (χ3v) is 6.56. The molecule has 1 aromatic rings. The zero-order valence-corrected chi connectivity index (χ0v) is 15.9. The van der Waals surface area contributed by atoms with Crippen LogP contribution < -0.4 is 5.32 Å². The Morgan fingerprint density at radius 3 is 2.81 bits per heavy atom. The van der Waals surface area contributed by atoms with E-state index in [-0.39, 0.29) is 47.9 Å². The molecule has 1 fully saturated rings. The number of sulfone groups is 1. The van der Waals surface area contributed by atoms with Gasteiger partial charge in [0.1, 0.15) is 5.71 Å². The number of halogens is 1. The van der Waals surface area contributed by atoms with Crippen molar-refractivity contribution in [3.05, 3.63) is 34.9 Å². The van der Waals surface area contributed by atoms with Crippen molar-refractivity contribution in [2.24, 2.45) is 5.10 Å². The summed E-state index contributed by atoms with van der Waals surface area (Å²) in [6.07, 6.45) is 0.739. The van der Waals surface area contributed by atoms with Crippen molar-refractivity contribution in [2.75, 3.05) is 11.5 Å². The van der Waals surface area contributed by atoms with Crippen LogP contribution in [0.4, 0.5) is 0 Å². The zero-order valence-electron chi connectivity index (χ0n) is 14.3. The second kappa shape index (κ2) is 7.36. The predicted molar refractivity (Wildman–Crippen MR) is 98.6 cm³/mol. The van der Waals surface area contributed by atoms with Gasteiger partial charge in [-0.2, -0.15) is 5.10 Å². The van der Waals surface area contributed by atoms with Crippen LogP contribution in [0.5, 0.6) is 0 Å². The highest BCUT2D eigenvalue weighted by molar-refractivity contribution is 7.91. The number of carbonyl (C=O) groups is 2. The van der Waals surface area contributed by atoms with E-state index in [9.17, 15) is 18.0 Å². The van der Waals surface area contributed by atoms with Crippen molar-refractivity contribution >= 4 is 39.0 Å². The van der Waals surface area contributed by atoms with Crippen LogP contribution in [-0.2, 0) is 19.4 Å². The van der Waals surface area contributed by atoms with Gasteiger partial charge in [-0.05, 0) is 31.0 Å². The minimum atomic E-state index is -3.14. The fraction of sp³-hybridized carbons (Fsp3) is 0.471. The molecule has 3 rings (SSSR count). The molecule has 0 bridgehead atoms. The van der Waals surface area contributed by atoms with E-state index in [0.717, 1.165) is 5.56 Å². The summed E-state index contributed by atoms with van der Waals surface area (Å²) in [7, 11) is -3.14. The number of nitrogens with one attached hydrogen (secondary N) is 1. The van der Waals surface area contributed by atoms with Gasteiger partial charge >= 0.3 is 0 Å². The van der Waals surface area contributed by atoms with E-state index in [4.69, 9.17) is 11.6 Å². The first kappa shape index (κ1) is 18.8. The molecule has 0 spiro atoms. The van der Waals surface area contributed by atoms with E-state index in [0.29, 0.717) is 11.4 Å². The fourth-order valence-corrected chi connectivity index (χ4v) is 5.02. The second-order valence-electron chi connectivity index (χ2n) is 6.59. The number of rotatable bonds is 4. The van der Waals surface area contributed by atoms with Crippen LogP contribution in [-0.4, -0.2) is 48.5 Å². The molecule has 2 aliphatic rings. The molecule has 1 N–H and O–H groups in total. The van der Waals surface area contributed by atoms with E-state index in [1.807, 2.05) is 13.0 Å². The van der Waals surface area contributed by atoms with Gasteiger partial charge in [-0.1, -0.05) is 23.7 Å². The molecule has 2 atom stereocenters. The normalized spacial score (nSPS) is 23.5. The molecule has 2 amide bonds. The second-order valence-corrected chi connectivity index (χ2v) is 9.26. The summed E-state index contributed by atoms with van der Waals surface area (Å²) in [6.45, 7) is 1.83. The summed E-state index contributed by atoms with van der Waals surface area (Å²) >= 11 is 5.98. The van der Waals surface area contributed by atoms with Crippen molar-refractivity contribution in [1.29, 1.82) is 0 Å². The standard InChI is InChI=1S/C17H20ClN3O4S/c1-11(12-3-2-4-13(18)9-12)19-17(23)15-5-6-16(22)21(20-15)14-7-8-26(24,25)10-14/h2-4,9,11,14H,5-8,10H2,1H3,(H,19,23). The van der Waals surface area contributed by atoms with Gasteiger partial charge in [0.05, 0.1) is 23.6 Å². The van der Waals surface area contributed by atoms with Crippen LogP contribution in [0.3, 0.4) is 0 Å². The Kier molecular flexibility index (Phi) is 5.34. The Hall–Kier alpha value is -1.93. The van der Waals surface area contributed by atoms with Gasteiger partial charge in [0.2, 0.25) is 5.91 Å². The maximum atomic E-state index is 12.5. The average molecular weight is 398 g/mol. The maximum absolute atomic E-state index is 12.5. The highest BCUT2D eigenvalue weighted by Crippen LogP contribution is 2.23. The number of hydrazone groups is 1. The Balaban J connectivity index is 1.72. The molecule has 1 saturated heterocycles. The molecule has 2 heterocycles. The maximum Gasteiger partial charge on any atom is 0.267 e. The van der Waals surface area contributed by atoms with Crippen molar-refractivity contribution in [1.82, 2.24) is 10.3 Å². The largest absolute Gasteiger partial charge is 0.344 e. The van der Waals surface area contributed by atoms with Gasteiger partial charge in [0, 0.05) is 17.9 Å². The minimum absolute atomic E-state index is 0.0459. The van der Waals surface area contributed by atoms with Crippen LogP contribution in [0.25, 0.3) is 0 Å². The molecule has 9 heteroatoms. The van der Waals surface area contributed by atoms with Crippen molar-refractivity contribution in [3.63, 3.8) is 0 Å². The van der Waals surface area contributed by atoms with Crippen molar-refractivity contribution in [3.8, 4) is 0 Å². The molecule has 1 aromatic carbocycles.